The van der Waals surface area contributed by atoms with E-state index < -0.39 is 12.6 Å². The van der Waals surface area contributed by atoms with Gasteiger partial charge in [-0.25, -0.2) is 4.79 Å². The minimum atomic E-state index is -1.04. The molecule has 1 saturated carbocycles. The molecule has 138 valence electrons. The third kappa shape index (κ3) is 6.29. The van der Waals surface area contributed by atoms with Gasteiger partial charge in [-0.3, -0.25) is 4.79 Å². The second-order valence-corrected chi connectivity index (χ2v) is 6.69. The number of carboxylic acid groups (broad SMARTS) is 1. The quantitative estimate of drug-likeness (QED) is 0.754. The smallest absolute Gasteiger partial charge is 0.341 e. The van der Waals surface area contributed by atoms with Gasteiger partial charge in [0.25, 0.3) is 0 Å². The van der Waals surface area contributed by atoms with Crippen LogP contribution in [0, 0.1) is 5.92 Å². The maximum Gasteiger partial charge on any atom is 0.341 e. The molecule has 1 amide bonds. The Balaban J connectivity index is 1.83. The molecule has 2 rings (SSSR count). The van der Waals surface area contributed by atoms with Gasteiger partial charge < -0.3 is 19.9 Å². The van der Waals surface area contributed by atoms with Crippen molar-refractivity contribution in [2.75, 3.05) is 13.7 Å². The largest absolute Gasteiger partial charge is 0.493 e. The highest BCUT2D eigenvalue weighted by molar-refractivity contribution is 5.76. The Morgan fingerprint density at radius 1 is 1.20 bits per heavy atom. The lowest BCUT2D eigenvalue weighted by atomic mass is 9.87. The molecule has 6 heteroatoms. The molecular weight excluding hydrogens is 322 g/mol. The Kier molecular flexibility index (Phi) is 7.10. The monoisotopic (exact) mass is 349 g/mol. The van der Waals surface area contributed by atoms with Crippen LogP contribution in [-0.4, -0.2) is 36.7 Å². The highest BCUT2D eigenvalue weighted by Gasteiger charge is 2.19. The van der Waals surface area contributed by atoms with Crippen LogP contribution in [0.1, 0.15) is 44.6 Å². The van der Waals surface area contributed by atoms with Crippen molar-refractivity contribution in [1.29, 1.82) is 0 Å². The van der Waals surface area contributed by atoms with E-state index in [-0.39, 0.29) is 5.91 Å². The lowest BCUT2D eigenvalue weighted by molar-refractivity contribution is -0.139. The number of carboxylic acids is 1. The number of hydrogen-bond donors (Lipinski definition) is 2. The molecule has 6 nitrogen and oxygen atoms in total. The Morgan fingerprint density at radius 2 is 1.92 bits per heavy atom. The van der Waals surface area contributed by atoms with Crippen molar-refractivity contribution in [3.8, 4) is 11.5 Å². The third-order valence-corrected chi connectivity index (χ3v) is 4.60. The minimum absolute atomic E-state index is 0.0738. The van der Waals surface area contributed by atoms with Gasteiger partial charge in [-0.1, -0.05) is 13.0 Å². The van der Waals surface area contributed by atoms with Gasteiger partial charge in [0, 0.05) is 12.5 Å². The summed E-state index contributed by atoms with van der Waals surface area (Å²) in [7, 11) is 1.50. The molecule has 1 aromatic rings. The van der Waals surface area contributed by atoms with Crippen LogP contribution in [0.15, 0.2) is 18.2 Å². The second kappa shape index (κ2) is 9.30. The van der Waals surface area contributed by atoms with Gasteiger partial charge in [0.2, 0.25) is 5.91 Å². The summed E-state index contributed by atoms with van der Waals surface area (Å²) in [6, 6.07) is 5.60. The molecule has 1 aliphatic rings. The highest BCUT2D eigenvalue weighted by atomic mass is 16.5. The first-order chi connectivity index (χ1) is 12.0. The number of aryl methyl sites for hydroxylation is 1. The van der Waals surface area contributed by atoms with E-state index in [1.807, 2.05) is 6.07 Å². The summed E-state index contributed by atoms with van der Waals surface area (Å²) >= 11 is 0. The molecule has 0 bridgehead atoms. The summed E-state index contributed by atoms with van der Waals surface area (Å²) in [5, 5.41) is 11.8. The molecule has 0 radical (unpaired) electrons. The van der Waals surface area contributed by atoms with Gasteiger partial charge in [-0.05, 0) is 55.7 Å². The van der Waals surface area contributed by atoms with Gasteiger partial charge in [0.05, 0.1) is 7.11 Å². The first kappa shape index (κ1) is 19.1. The summed E-state index contributed by atoms with van der Waals surface area (Å²) in [4.78, 5) is 22.7. The first-order valence-electron chi connectivity index (χ1n) is 8.78. The van der Waals surface area contributed by atoms with Crippen molar-refractivity contribution in [3.63, 3.8) is 0 Å². The van der Waals surface area contributed by atoms with Crippen molar-refractivity contribution in [1.82, 2.24) is 5.32 Å². The molecule has 0 aromatic heterocycles. The molecular formula is C19H27NO5. The van der Waals surface area contributed by atoms with Crippen LogP contribution in [-0.2, 0) is 16.0 Å². The van der Waals surface area contributed by atoms with E-state index in [1.54, 1.807) is 12.1 Å². The molecule has 0 unspecified atom stereocenters. The Labute approximate surface area is 148 Å². The fourth-order valence-corrected chi connectivity index (χ4v) is 3.09. The first-order valence-corrected chi connectivity index (χ1v) is 8.78. The third-order valence-electron chi connectivity index (χ3n) is 4.60. The summed E-state index contributed by atoms with van der Waals surface area (Å²) in [6.07, 6.45) is 5.52. The molecule has 1 aromatic carbocycles. The molecule has 25 heavy (non-hydrogen) atoms. The summed E-state index contributed by atoms with van der Waals surface area (Å²) in [5.41, 5.74) is 0.951. The average molecular weight is 349 g/mol. The van der Waals surface area contributed by atoms with E-state index in [2.05, 4.69) is 12.2 Å². The molecule has 1 fully saturated rings. The van der Waals surface area contributed by atoms with Gasteiger partial charge >= 0.3 is 5.97 Å². The van der Waals surface area contributed by atoms with Crippen molar-refractivity contribution < 1.29 is 24.2 Å². The van der Waals surface area contributed by atoms with E-state index in [0.29, 0.717) is 30.4 Å². The van der Waals surface area contributed by atoms with E-state index in [9.17, 15) is 9.59 Å². The number of amides is 1. The summed E-state index contributed by atoms with van der Waals surface area (Å²) in [5.74, 6) is 0.655. The van der Waals surface area contributed by atoms with Gasteiger partial charge in [-0.15, -0.1) is 0 Å². The normalized spacial score (nSPS) is 19.9. The number of aliphatic carboxylic acids is 1. The van der Waals surface area contributed by atoms with Crippen molar-refractivity contribution in [2.24, 2.45) is 5.92 Å². The fraction of sp³-hybridized carbons (Fsp3) is 0.579. The number of carbonyl (C=O) groups excluding carboxylic acids is 1. The Bertz CT molecular complexity index is 593. The van der Waals surface area contributed by atoms with Gasteiger partial charge in [0.1, 0.15) is 0 Å². The molecule has 0 atom stereocenters. The predicted octanol–water partition coefficient (Wildman–Crippen LogP) is 2.79. The van der Waals surface area contributed by atoms with Crippen LogP contribution in [0.3, 0.4) is 0 Å². The molecule has 0 saturated heterocycles. The molecule has 2 N–H and O–H groups in total. The van der Waals surface area contributed by atoms with Crippen molar-refractivity contribution in [3.05, 3.63) is 23.8 Å². The number of ether oxygens (including phenoxy) is 2. The van der Waals surface area contributed by atoms with Crippen molar-refractivity contribution >= 4 is 11.9 Å². The van der Waals surface area contributed by atoms with E-state index in [0.717, 1.165) is 24.3 Å². The molecule has 0 heterocycles. The Hall–Kier alpha value is -2.24. The number of hydrogen-bond acceptors (Lipinski definition) is 4. The second-order valence-electron chi connectivity index (χ2n) is 6.69. The maximum atomic E-state index is 12.1. The number of rotatable bonds is 8. The fourth-order valence-electron chi connectivity index (χ4n) is 3.09. The van der Waals surface area contributed by atoms with Gasteiger partial charge in [-0.2, -0.15) is 0 Å². The molecule has 1 aliphatic carbocycles. The van der Waals surface area contributed by atoms with Crippen LogP contribution in [0.5, 0.6) is 11.5 Å². The molecule has 0 spiro atoms. The van der Waals surface area contributed by atoms with E-state index in [1.165, 1.54) is 20.0 Å². The number of methoxy groups -OCH3 is 1. The number of carbonyl (C=O) groups is 2. The van der Waals surface area contributed by atoms with Crippen molar-refractivity contribution in [2.45, 2.75) is 51.5 Å². The standard InChI is InChI=1S/C19H27NO5/c1-13-3-7-15(8-4-13)20-18(21)10-6-14-5-9-16(17(11-14)24-2)25-12-19(22)23/h5,9,11,13,15H,3-4,6-8,10,12H2,1-2H3,(H,20,21)(H,22,23). The van der Waals surface area contributed by atoms with Crippen LogP contribution in [0.2, 0.25) is 0 Å². The van der Waals surface area contributed by atoms with Crippen LogP contribution in [0.4, 0.5) is 0 Å². The van der Waals surface area contributed by atoms with E-state index in [4.69, 9.17) is 14.6 Å². The predicted molar refractivity (Wildman–Crippen MR) is 94.0 cm³/mol. The number of benzene rings is 1. The van der Waals surface area contributed by atoms with E-state index >= 15 is 0 Å². The average Bonchev–Trinajstić information content (AvgIpc) is 2.60. The maximum absolute atomic E-state index is 12.1. The zero-order valence-corrected chi connectivity index (χ0v) is 14.9. The zero-order valence-electron chi connectivity index (χ0n) is 14.9. The Morgan fingerprint density at radius 3 is 2.56 bits per heavy atom. The molecule has 0 aliphatic heterocycles. The zero-order chi connectivity index (χ0) is 18.2. The van der Waals surface area contributed by atoms with Gasteiger partial charge in [0.15, 0.2) is 18.1 Å². The summed E-state index contributed by atoms with van der Waals surface area (Å²) in [6.45, 7) is 1.84. The summed E-state index contributed by atoms with van der Waals surface area (Å²) < 4.78 is 10.4. The van der Waals surface area contributed by atoms with Crippen LogP contribution < -0.4 is 14.8 Å². The van der Waals surface area contributed by atoms with Crippen LogP contribution >= 0.6 is 0 Å². The lowest BCUT2D eigenvalue weighted by Gasteiger charge is -2.26. The topological polar surface area (TPSA) is 84.9 Å². The number of nitrogens with one attached hydrogen (secondary N) is 1. The lowest BCUT2D eigenvalue weighted by Crippen LogP contribution is -2.37. The van der Waals surface area contributed by atoms with Crippen LogP contribution in [0.25, 0.3) is 0 Å². The highest BCUT2D eigenvalue weighted by Crippen LogP contribution is 2.28. The SMILES string of the molecule is COc1cc(CCC(=O)NC2CCC(C)CC2)ccc1OCC(=O)O. The minimum Gasteiger partial charge on any atom is -0.493 e.